The van der Waals surface area contributed by atoms with Gasteiger partial charge in [0.15, 0.2) is 0 Å². The first-order valence-corrected chi connectivity index (χ1v) is 0. The average Bonchev–Trinajstić information content (AvgIpc) is 0. The van der Waals surface area contributed by atoms with E-state index in [1.54, 1.807) is 0 Å². The van der Waals surface area contributed by atoms with Gasteiger partial charge < -0.3 is 29.7 Å². The van der Waals surface area contributed by atoms with Crippen LogP contribution in [0.5, 0.6) is 0 Å². The first-order chi connectivity index (χ1) is 0. The van der Waals surface area contributed by atoms with Crippen molar-refractivity contribution < 1.29 is 23.5 Å². The summed E-state index contributed by atoms with van der Waals surface area (Å²) >= 11 is 0. The fourth-order valence-electron chi connectivity index (χ4n) is 0. The maximum atomic E-state index is 0. The minimum absolute atomic E-state index is 0. The van der Waals surface area contributed by atoms with Crippen LogP contribution in [-0.4, -0.2) is 20.2 Å². The Bertz CT molecular complexity index is 10.4. The van der Waals surface area contributed by atoms with Gasteiger partial charge in [0.25, 0.3) is 0 Å². The first-order valence-electron chi connectivity index (χ1n) is 0. The Morgan fingerprint density at radius 3 is 0.375 bits per heavy atom. The van der Waals surface area contributed by atoms with E-state index in [4.69, 9.17) is 0 Å². The van der Waals surface area contributed by atoms with Crippen LogP contribution in [0.15, 0.2) is 0 Å². The minimum Gasteiger partial charge on any atom is -1.00 e. The van der Waals surface area contributed by atoms with Crippen molar-refractivity contribution in [2.45, 2.75) is 0 Å². The fourth-order valence-corrected chi connectivity index (χ4v) is 0. The van der Waals surface area contributed by atoms with Crippen molar-refractivity contribution in [1.29, 1.82) is 0 Å². The summed E-state index contributed by atoms with van der Waals surface area (Å²) in [5.74, 6) is 0. The van der Waals surface area contributed by atoms with Crippen molar-refractivity contribution in [2.24, 2.45) is 0 Å². The number of hydrogen-bond acceptors (Lipinski definition) is 0. The summed E-state index contributed by atoms with van der Waals surface area (Å²) in [5.41, 5.74) is 0. The van der Waals surface area contributed by atoms with E-state index in [2.05, 4.69) is 0 Å². The Kier molecular flexibility index (Phi) is 1570000000. The molecule has 0 bridgehead atoms. The smallest absolute Gasteiger partial charge is 1.00 e. The van der Waals surface area contributed by atoms with Crippen LogP contribution in [0.4, 0.5) is 0 Å². The third-order valence-corrected chi connectivity index (χ3v) is 0. The van der Waals surface area contributed by atoms with Gasteiger partial charge >= 0.3 is 20.2 Å². The maximum Gasteiger partial charge on any atom is 2.00 e. The zero-order valence-electron chi connectivity index (χ0n) is 4.30. The minimum atomic E-state index is 0. The van der Waals surface area contributed by atoms with Crippen molar-refractivity contribution in [2.75, 3.05) is 0 Å². The first kappa shape index (κ1) is 140000. The van der Waals surface area contributed by atoms with Gasteiger partial charge in [-0.05, 0) is 0 Å². The average molecular weight is 131 g/mol. The molecule has 0 heterocycles. The molecule has 0 aliphatic rings. The summed E-state index contributed by atoms with van der Waals surface area (Å²) in [7, 11) is 0. The zero-order valence-corrected chi connectivity index (χ0v) is 4.30. The van der Waals surface area contributed by atoms with Crippen molar-refractivity contribution >= 4 is 20.2 Å². The Morgan fingerprint density at radius 2 is 0.375 bits per heavy atom. The van der Waals surface area contributed by atoms with Gasteiger partial charge in [0.1, 0.15) is 0 Å². The fraction of sp³-hybridized carbons (Fsp3) is 0. The summed E-state index contributed by atoms with van der Waals surface area (Å²) in [4.78, 5) is 0. The van der Waals surface area contributed by atoms with E-state index in [0.717, 1.165) is 0 Å². The van der Waals surface area contributed by atoms with E-state index >= 15 is 0 Å². The SMILES string of the molecule is [Be+2].[Be+2].[F-].[F-].[F-].[F-].[F-].[NH4+]. The van der Waals surface area contributed by atoms with Crippen LogP contribution in [0.1, 0.15) is 0 Å². The van der Waals surface area contributed by atoms with Crippen LogP contribution in [0.25, 0.3) is 0 Å². The molecule has 0 aliphatic heterocycles. The van der Waals surface area contributed by atoms with Crippen molar-refractivity contribution in [3.63, 3.8) is 0 Å². The molecule has 0 saturated carbocycles. The summed E-state index contributed by atoms with van der Waals surface area (Å²) in [5, 5.41) is 0. The van der Waals surface area contributed by atoms with Gasteiger partial charge in [-0.1, -0.05) is 0 Å². The third-order valence-electron chi connectivity index (χ3n) is 0. The van der Waals surface area contributed by atoms with E-state index < -0.39 is 0 Å². The Labute approximate surface area is 51.1 Å². The molecular formula is H4Be2F5N. The van der Waals surface area contributed by atoms with E-state index in [-0.39, 0.29) is 49.9 Å². The molecule has 0 atom stereocenters. The van der Waals surface area contributed by atoms with Crippen LogP contribution in [0.2, 0.25) is 0 Å². The molecule has 8 heavy (non-hydrogen) atoms. The molecule has 1 nitrogen and oxygen atoms in total. The van der Waals surface area contributed by atoms with Crippen molar-refractivity contribution in [3.8, 4) is 0 Å². The van der Waals surface area contributed by atoms with Crippen molar-refractivity contribution in [3.05, 3.63) is 0 Å². The molecule has 0 fully saturated rings. The summed E-state index contributed by atoms with van der Waals surface area (Å²) in [6.07, 6.45) is 0. The molecule has 0 spiro atoms. The Morgan fingerprint density at radius 1 is 0.375 bits per heavy atom. The molecule has 0 aromatic rings. The number of halogens is 5. The molecule has 0 aromatic heterocycles. The quantitative estimate of drug-likeness (QED) is 0.250. The van der Waals surface area contributed by atoms with Gasteiger partial charge in [0.2, 0.25) is 0 Å². The Hall–Kier alpha value is -0.0523. The molecular weight excluding hydrogens is 127 g/mol. The standard InChI is InChI=1S/2Be.5FH.H3N/h;;5*1H;1H3/q2*+2;;;;;;/p-4. The van der Waals surface area contributed by atoms with E-state index in [1.165, 1.54) is 0 Å². The largest absolute Gasteiger partial charge is 2.00 e. The summed E-state index contributed by atoms with van der Waals surface area (Å²) in [6.45, 7) is 0. The molecule has 8 heteroatoms. The van der Waals surface area contributed by atoms with E-state index in [1.807, 2.05) is 0 Å². The molecule has 48 valence electrons. The topological polar surface area (TPSA) is 36.5 Å². The maximum absolute atomic E-state index is 0. The Balaban J connectivity index is 0. The molecule has 0 unspecified atom stereocenters. The third kappa shape index (κ3) is 53200. The molecule has 0 rings (SSSR count). The van der Waals surface area contributed by atoms with Gasteiger partial charge in [-0.3, -0.25) is 0 Å². The zero-order chi connectivity index (χ0) is 0. The van der Waals surface area contributed by atoms with Crippen LogP contribution < -0.4 is 29.7 Å². The van der Waals surface area contributed by atoms with Gasteiger partial charge in [-0.25, -0.2) is 0 Å². The van der Waals surface area contributed by atoms with Crippen molar-refractivity contribution in [1.82, 2.24) is 6.15 Å². The molecule has 0 aromatic carbocycles. The number of rotatable bonds is 0. The van der Waals surface area contributed by atoms with Crippen LogP contribution in [0.3, 0.4) is 0 Å². The molecule has 0 aliphatic carbocycles. The van der Waals surface area contributed by atoms with E-state index in [0.29, 0.717) is 0 Å². The summed E-state index contributed by atoms with van der Waals surface area (Å²) in [6, 6.07) is 0. The number of quaternary nitrogens is 1. The van der Waals surface area contributed by atoms with Gasteiger partial charge in [-0.2, -0.15) is 0 Å². The molecule has 0 saturated heterocycles. The summed E-state index contributed by atoms with van der Waals surface area (Å²) < 4.78 is 0. The molecule has 0 radical (unpaired) electrons. The van der Waals surface area contributed by atoms with Gasteiger partial charge in [0.05, 0.1) is 0 Å². The van der Waals surface area contributed by atoms with Gasteiger partial charge in [-0.15, -0.1) is 0 Å². The normalized spacial score (nSPS) is 0. The van der Waals surface area contributed by atoms with Gasteiger partial charge in [0, 0.05) is 0 Å². The van der Waals surface area contributed by atoms with Crippen LogP contribution in [-0.2, 0) is 0 Å². The second-order valence-electron chi connectivity index (χ2n) is 0. The predicted octanol–water partition coefficient (Wildman–Crippen LogP) is -15.4. The predicted molar refractivity (Wildman–Crippen MR) is 17.5 cm³/mol. The molecule has 4 N–H and O–H groups in total. The number of hydrogen-bond donors (Lipinski definition) is 1. The van der Waals surface area contributed by atoms with Crippen LogP contribution >= 0.6 is 0 Å². The second kappa shape index (κ2) is 89700. The van der Waals surface area contributed by atoms with Crippen LogP contribution in [0, 0.1) is 0 Å². The molecule has 0 amide bonds. The second-order valence-corrected chi connectivity index (χ2v) is 0. The van der Waals surface area contributed by atoms with E-state index in [9.17, 15) is 0 Å². The monoisotopic (exact) mass is 131 g/mol.